The normalized spacial score (nSPS) is 15.6. The van der Waals surface area contributed by atoms with Crippen LogP contribution in [0.25, 0.3) is 0 Å². The zero-order valence-corrected chi connectivity index (χ0v) is 17.4. The van der Waals surface area contributed by atoms with Gasteiger partial charge in [0.15, 0.2) is 5.96 Å². The first-order valence-corrected chi connectivity index (χ1v) is 10.3. The van der Waals surface area contributed by atoms with Crippen molar-refractivity contribution in [1.29, 1.82) is 0 Å². The number of hydrogen-bond acceptors (Lipinski definition) is 5. The van der Waals surface area contributed by atoms with E-state index in [1.54, 1.807) is 0 Å². The fourth-order valence-corrected chi connectivity index (χ4v) is 3.23. The summed E-state index contributed by atoms with van der Waals surface area (Å²) in [5, 5.41) is 6.07. The van der Waals surface area contributed by atoms with Gasteiger partial charge < -0.3 is 20.3 Å². The summed E-state index contributed by atoms with van der Waals surface area (Å²) in [4.78, 5) is 14.1. The molecule has 0 radical (unpaired) electrons. The molecule has 0 bridgehead atoms. The lowest BCUT2D eigenvalue weighted by Crippen LogP contribution is -2.47. The predicted octanol–water partition coefficient (Wildman–Crippen LogP) is 3.42. The van der Waals surface area contributed by atoms with Gasteiger partial charge >= 0.3 is 6.18 Å². The van der Waals surface area contributed by atoms with Gasteiger partial charge in [0.05, 0.1) is 6.54 Å². The molecular weight excluding hydrogens is 409 g/mol. The lowest BCUT2D eigenvalue weighted by Gasteiger charge is -2.34. The van der Waals surface area contributed by atoms with Gasteiger partial charge in [-0.3, -0.25) is 4.99 Å². The van der Waals surface area contributed by atoms with Crippen LogP contribution in [0, 0.1) is 0 Å². The van der Waals surface area contributed by atoms with E-state index >= 15 is 0 Å². The molecule has 1 fully saturated rings. The maximum Gasteiger partial charge on any atom is 0.433 e. The number of halogens is 3. The number of para-hydroxylation sites is 1. The van der Waals surface area contributed by atoms with Crippen LogP contribution in [0.1, 0.15) is 25.5 Å². The molecule has 1 aliphatic heterocycles. The zero-order chi connectivity index (χ0) is 22.1. The van der Waals surface area contributed by atoms with E-state index in [-0.39, 0.29) is 12.1 Å². The molecule has 10 heteroatoms. The third-order valence-electron chi connectivity index (χ3n) is 4.72. The molecule has 2 N–H and O–H groups in total. The third-order valence-corrected chi connectivity index (χ3v) is 4.72. The smallest absolute Gasteiger partial charge is 0.433 e. The average Bonchev–Trinajstić information content (AvgIpc) is 2.77. The van der Waals surface area contributed by atoms with Crippen molar-refractivity contribution in [2.24, 2.45) is 4.99 Å². The van der Waals surface area contributed by atoms with E-state index in [0.717, 1.165) is 56.4 Å². The second kappa shape index (κ2) is 10.8. The van der Waals surface area contributed by atoms with Gasteiger partial charge in [-0.25, -0.2) is 9.97 Å². The van der Waals surface area contributed by atoms with Crippen LogP contribution >= 0.6 is 0 Å². The fourth-order valence-electron chi connectivity index (χ4n) is 3.23. The van der Waals surface area contributed by atoms with Crippen molar-refractivity contribution in [2.45, 2.75) is 32.0 Å². The summed E-state index contributed by atoms with van der Waals surface area (Å²) >= 11 is 0. The van der Waals surface area contributed by atoms with Crippen LogP contribution in [0.2, 0.25) is 0 Å². The van der Waals surface area contributed by atoms with Crippen LogP contribution in [-0.4, -0.2) is 59.7 Å². The minimum absolute atomic E-state index is 0.0612. The number of anilines is 1. The maximum absolute atomic E-state index is 12.7. The molecule has 31 heavy (non-hydrogen) atoms. The van der Waals surface area contributed by atoms with E-state index < -0.39 is 11.9 Å². The molecule has 0 atom stereocenters. The maximum atomic E-state index is 12.7. The van der Waals surface area contributed by atoms with Gasteiger partial charge in [-0.15, -0.1) is 0 Å². The fraction of sp³-hybridized carbons (Fsp3) is 0.476. The number of alkyl halides is 3. The highest BCUT2D eigenvalue weighted by molar-refractivity contribution is 5.80. The van der Waals surface area contributed by atoms with Gasteiger partial charge in [-0.1, -0.05) is 18.2 Å². The average molecular weight is 436 g/mol. The highest BCUT2D eigenvalue weighted by Crippen LogP contribution is 2.27. The summed E-state index contributed by atoms with van der Waals surface area (Å²) in [6.45, 7) is 5.05. The Morgan fingerprint density at radius 3 is 2.61 bits per heavy atom. The standard InChI is InChI=1S/C21H27F3N6O/c1-2-25-20(28-13-12-27-19-26-11-8-18(29-19)21(22,23)24)30-14-9-17(10-15-30)31-16-6-4-3-5-7-16/h3-8,11,17H,2,9-10,12-15H2,1H3,(H,25,28)(H,26,27,29). The molecular formula is C21H27F3N6O. The minimum atomic E-state index is -4.49. The Balaban J connectivity index is 1.48. The minimum Gasteiger partial charge on any atom is -0.490 e. The predicted molar refractivity (Wildman–Crippen MR) is 113 cm³/mol. The van der Waals surface area contributed by atoms with Crippen molar-refractivity contribution < 1.29 is 17.9 Å². The van der Waals surface area contributed by atoms with Gasteiger partial charge in [-0.05, 0) is 25.1 Å². The highest BCUT2D eigenvalue weighted by atomic mass is 19.4. The van der Waals surface area contributed by atoms with E-state index in [1.165, 1.54) is 0 Å². The molecule has 1 aromatic heterocycles. The molecule has 168 valence electrons. The first kappa shape index (κ1) is 22.6. The Morgan fingerprint density at radius 2 is 1.94 bits per heavy atom. The highest BCUT2D eigenvalue weighted by Gasteiger charge is 2.32. The van der Waals surface area contributed by atoms with Gasteiger partial charge in [0.1, 0.15) is 17.5 Å². The van der Waals surface area contributed by atoms with Crippen molar-refractivity contribution in [1.82, 2.24) is 20.2 Å². The Hall–Kier alpha value is -3.04. The van der Waals surface area contributed by atoms with Gasteiger partial charge in [-0.2, -0.15) is 13.2 Å². The Morgan fingerprint density at radius 1 is 1.19 bits per heavy atom. The first-order chi connectivity index (χ1) is 15.0. The Labute approximate surface area is 179 Å². The molecule has 0 unspecified atom stereocenters. The SMILES string of the molecule is CCNC(=NCCNc1nccc(C(F)(F)F)n1)N1CCC(Oc2ccccc2)CC1. The number of ether oxygens (including phenoxy) is 1. The van der Waals surface area contributed by atoms with Crippen LogP contribution < -0.4 is 15.4 Å². The quantitative estimate of drug-likeness (QED) is 0.394. The lowest BCUT2D eigenvalue weighted by atomic mass is 10.1. The summed E-state index contributed by atoms with van der Waals surface area (Å²) in [5.41, 5.74) is -0.970. The molecule has 0 aliphatic carbocycles. The lowest BCUT2D eigenvalue weighted by molar-refractivity contribution is -0.141. The van der Waals surface area contributed by atoms with Gasteiger partial charge in [0.25, 0.3) is 0 Å². The van der Waals surface area contributed by atoms with Crippen LogP contribution in [0.3, 0.4) is 0 Å². The van der Waals surface area contributed by atoms with E-state index in [0.29, 0.717) is 13.1 Å². The third kappa shape index (κ3) is 7.01. The summed E-state index contributed by atoms with van der Waals surface area (Å²) in [6.07, 6.45) is -1.47. The molecule has 2 aromatic rings. The number of benzene rings is 1. The summed E-state index contributed by atoms with van der Waals surface area (Å²) < 4.78 is 44.3. The van der Waals surface area contributed by atoms with Gasteiger partial charge in [0, 0.05) is 45.2 Å². The number of guanidine groups is 1. The van der Waals surface area contributed by atoms with Crippen molar-refractivity contribution >= 4 is 11.9 Å². The summed E-state index contributed by atoms with van der Waals surface area (Å²) in [5.74, 6) is 1.60. The summed E-state index contributed by atoms with van der Waals surface area (Å²) in [7, 11) is 0. The van der Waals surface area contributed by atoms with Crippen LogP contribution in [-0.2, 0) is 6.18 Å². The first-order valence-electron chi connectivity index (χ1n) is 10.3. The number of aromatic nitrogens is 2. The molecule has 7 nitrogen and oxygen atoms in total. The number of likely N-dealkylation sites (tertiary alicyclic amines) is 1. The van der Waals surface area contributed by atoms with Crippen LogP contribution in [0.5, 0.6) is 5.75 Å². The molecule has 3 rings (SSSR count). The number of aliphatic imine (C=N–C) groups is 1. The van der Waals surface area contributed by atoms with E-state index in [4.69, 9.17) is 4.74 Å². The Bertz CT molecular complexity index is 839. The van der Waals surface area contributed by atoms with Crippen LogP contribution in [0.4, 0.5) is 19.1 Å². The second-order valence-corrected chi connectivity index (χ2v) is 7.04. The molecule has 0 amide bonds. The van der Waals surface area contributed by atoms with Crippen molar-refractivity contribution in [3.05, 3.63) is 48.3 Å². The van der Waals surface area contributed by atoms with Crippen molar-refractivity contribution in [3.8, 4) is 5.75 Å². The Kier molecular flexibility index (Phi) is 7.91. The number of nitrogens with one attached hydrogen (secondary N) is 2. The van der Waals surface area contributed by atoms with Crippen molar-refractivity contribution in [3.63, 3.8) is 0 Å². The van der Waals surface area contributed by atoms with Crippen LogP contribution in [0.15, 0.2) is 47.6 Å². The molecule has 0 saturated carbocycles. The number of rotatable bonds is 7. The number of nitrogens with zero attached hydrogens (tertiary/aromatic N) is 4. The van der Waals surface area contributed by atoms with E-state index in [9.17, 15) is 13.2 Å². The van der Waals surface area contributed by atoms with Crippen molar-refractivity contribution in [2.75, 3.05) is 38.0 Å². The molecule has 0 spiro atoms. The molecule has 1 saturated heterocycles. The second-order valence-electron chi connectivity index (χ2n) is 7.04. The largest absolute Gasteiger partial charge is 0.490 e. The molecule has 1 aliphatic rings. The summed E-state index contributed by atoms with van der Waals surface area (Å²) in [6, 6.07) is 10.6. The monoisotopic (exact) mass is 436 g/mol. The van der Waals surface area contributed by atoms with Gasteiger partial charge in [0.2, 0.25) is 5.95 Å². The molecule has 2 heterocycles. The number of hydrogen-bond donors (Lipinski definition) is 2. The topological polar surface area (TPSA) is 74.7 Å². The molecule has 1 aromatic carbocycles. The van der Waals surface area contributed by atoms with E-state index in [1.807, 2.05) is 37.3 Å². The number of piperidine rings is 1. The van der Waals surface area contributed by atoms with E-state index in [2.05, 4.69) is 30.5 Å². The zero-order valence-electron chi connectivity index (χ0n) is 17.4.